The minimum atomic E-state index is -2.16. The van der Waals surface area contributed by atoms with Gasteiger partial charge < -0.3 is 29.9 Å². The minimum Gasteiger partial charge on any atom is -0.507 e. The fourth-order valence-corrected chi connectivity index (χ4v) is 7.55. The number of H-pyrrole nitrogens is 1. The predicted molar refractivity (Wildman–Crippen MR) is 156 cm³/mol. The van der Waals surface area contributed by atoms with Gasteiger partial charge in [-0.15, -0.1) is 11.3 Å². The number of ketones is 4. The molecule has 44 heavy (non-hydrogen) atoms. The summed E-state index contributed by atoms with van der Waals surface area (Å²) in [6.07, 6.45) is 2.02. The number of Topliss-reactive ketones (excluding diaryl/α,β-unsaturated/α-hetero) is 3. The average molecular weight is 613 g/mol. The van der Waals surface area contributed by atoms with Crippen LogP contribution in [0.2, 0.25) is 0 Å². The second-order valence-corrected chi connectivity index (χ2v) is 11.4. The molecule has 0 fully saturated rings. The van der Waals surface area contributed by atoms with Crippen molar-refractivity contribution >= 4 is 51.5 Å². The number of ether oxygens (including phenoxy) is 1. The number of allylic oxidation sites excluding steroid dienone is 2. The van der Waals surface area contributed by atoms with Gasteiger partial charge in [-0.05, 0) is 35.9 Å². The van der Waals surface area contributed by atoms with Crippen molar-refractivity contribution in [2.45, 2.75) is 18.3 Å². The third kappa shape index (κ3) is 3.21. The summed E-state index contributed by atoms with van der Waals surface area (Å²) in [6, 6.07) is 5.17. The van der Waals surface area contributed by atoms with Gasteiger partial charge in [-0.25, -0.2) is 0 Å². The molecule has 1 atom stereocenters. The van der Waals surface area contributed by atoms with Crippen LogP contribution in [0.3, 0.4) is 0 Å². The van der Waals surface area contributed by atoms with Crippen LogP contribution in [0.1, 0.15) is 64.7 Å². The fraction of sp³-hybridized carbons (Fsp3) is 0.161. The number of rotatable bonds is 4. The summed E-state index contributed by atoms with van der Waals surface area (Å²) in [5.41, 5.74) is -4.38. The van der Waals surface area contributed by atoms with Gasteiger partial charge in [0.1, 0.15) is 29.8 Å². The van der Waals surface area contributed by atoms with Crippen molar-refractivity contribution in [3.05, 3.63) is 84.8 Å². The first-order chi connectivity index (χ1) is 21.1. The average Bonchev–Trinajstić information content (AvgIpc) is 3.72. The second-order valence-electron chi connectivity index (χ2n) is 10.5. The zero-order chi connectivity index (χ0) is 31.2. The van der Waals surface area contributed by atoms with Gasteiger partial charge in [0.25, 0.3) is 5.56 Å². The molecule has 12 nitrogen and oxygen atoms in total. The number of hydrogen-bond acceptors (Lipinski definition) is 12. The van der Waals surface area contributed by atoms with E-state index in [2.05, 4.69) is 10.1 Å². The number of aromatic nitrogens is 1. The van der Waals surface area contributed by atoms with Crippen LogP contribution in [0.15, 0.2) is 45.4 Å². The highest BCUT2D eigenvalue weighted by atomic mass is 32.1. The Morgan fingerprint density at radius 3 is 2.30 bits per heavy atom. The highest BCUT2D eigenvalue weighted by molar-refractivity contribution is 7.13. The van der Waals surface area contributed by atoms with E-state index in [1.54, 1.807) is 18.2 Å². The quantitative estimate of drug-likeness (QED) is 0.115. The molecule has 0 saturated heterocycles. The van der Waals surface area contributed by atoms with E-state index >= 15 is 0 Å². The number of phenolic OH excluding ortho intramolecular Hbond substituents is 3. The summed E-state index contributed by atoms with van der Waals surface area (Å²) >= 11 is 1.34. The van der Waals surface area contributed by atoms with Crippen molar-refractivity contribution in [2.75, 3.05) is 14.2 Å². The number of carbonyl (C=O) groups is 4. The molecule has 1 spiro atoms. The van der Waals surface area contributed by atoms with Crippen molar-refractivity contribution in [3.63, 3.8) is 0 Å². The Balaban J connectivity index is 1.55. The Labute approximate surface area is 250 Å². The van der Waals surface area contributed by atoms with Gasteiger partial charge in [-0.2, -0.15) is 0 Å². The van der Waals surface area contributed by atoms with Crippen LogP contribution >= 0.6 is 11.3 Å². The number of carbonyl (C=O) groups excluding carboxylic acids is 4. The van der Waals surface area contributed by atoms with Gasteiger partial charge >= 0.3 is 0 Å². The number of thiophene rings is 1. The van der Waals surface area contributed by atoms with Crippen molar-refractivity contribution in [1.29, 1.82) is 0 Å². The first-order valence-corrected chi connectivity index (χ1v) is 14.1. The van der Waals surface area contributed by atoms with Gasteiger partial charge in [-0.3, -0.25) is 24.0 Å². The highest BCUT2D eigenvalue weighted by Crippen LogP contribution is 2.59. The predicted octanol–water partition coefficient (Wildman–Crippen LogP) is 3.53. The van der Waals surface area contributed by atoms with Gasteiger partial charge in [0.15, 0.2) is 23.1 Å². The maximum atomic E-state index is 14.4. The first kappa shape index (κ1) is 27.3. The lowest BCUT2D eigenvalue weighted by Gasteiger charge is -2.24. The molecule has 4 N–H and O–H groups in total. The largest absolute Gasteiger partial charge is 0.507 e. The number of methoxy groups -OCH3 is 1. The molecule has 0 saturated carbocycles. The number of nitrogens with one attached hydrogen (secondary N) is 1. The van der Waals surface area contributed by atoms with E-state index < -0.39 is 79.4 Å². The zero-order valence-electron chi connectivity index (χ0n) is 22.9. The highest BCUT2D eigenvalue weighted by Gasteiger charge is 2.62. The Bertz CT molecular complexity index is 2170. The Morgan fingerprint density at radius 1 is 0.955 bits per heavy atom. The van der Waals surface area contributed by atoms with E-state index in [9.17, 15) is 39.3 Å². The molecule has 13 heteroatoms. The molecule has 7 rings (SSSR count). The van der Waals surface area contributed by atoms with E-state index in [0.717, 1.165) is 13.2 Å². The molecule has 3 aliphatic carbocycles. The maximum Gasteiger partial charge on any atom is 0.260 e. The first-order valence-electron chi connectivity index (χ1n) is 13.2. The molecular formula is C31H20N2O10S. The SMILES string of the molecule is CON=Cc1cc2c(-c3cccs3)c3c(c(O)c2c(=O)[nH]1)[C@@]1(CC3)C(=O)c2c(O)c3c(c(O)c2C1=O)C(=O)C(OC)=CC3=O. The van der Waals surface area contributed by atoms with Crippen LogP contribution in [0.25, 0.3) is 21.2 Å². The number of pyridine rings is 1. The summed E-state index contributed by atoms with van der Waals surface area (Å²) in [4.78, 5) is 76.2. The summed E-state index contributed by atoms with van der Waals surface area (Å²) in [6.45, 7) is 0. The van der Waals surface area contributed by atoms with E-state index in [1.165, 1.54) is 24.7 Å². The summed E-state index contributed by atoms with van der Waals surface area (Å²) < 4.78 is 4.95. The number of nitrogens with zero attached hydrogens (tertiary/aromatic N) is 1. The van der Waals surface area contributed by atoms with Crippen molar-refractivity contribution < 1.29 is 44.1 Å². The molecule has 0 unspecified atom stereocenters. The molecule has 2 aromatic carbocycles. The number of fused-ring (bicyclic) bond motifs is 5. The van der Waals surface area contributed by atoms with Crippen LogP contribution in [-0.2, 0) is 21.4 Å². The van der Waals surface area contributed by atoms with E-state index in [0.29, 0.717) is 21.4 Å². The number of aromatic amines is 1. The summed E-state index contributed by atoms with van der Waals surface area (Å²) in [7, 11) is 2.47. The third-order valence-corrected chi connectivity index (χ3v) is 9.39. The fourth-order valence-electron chi connectivity index (χ4n) is 6.74. The van der Waals surface area contributed by atoms with Gasteiger partial charge in [0.05, 0.1) is 46.7 Å². The molecule has 3 aliphatic rings. The van der Waals surface area contributed by atoms with E-state index in [-0.39, 0.29) is 29.5 Å². The standard InChI is InChI=1S/C31H20N2O10S/c1-42-15-9-14(34)19-20(24(15)35)26(37)22-21(25(19)36)28(39)31(29(22)40)6-5-12-17(16-4-3-7-44-16)13-8-11(10-32-43-2)33-30(41)18(13)27(38)23(12)31/h3-4,7-10,36-38H,5-6H2,1-2H3,(H,33,41)/t31-/m0/s1. The maximum absolute atomic E-state index is 14.4. The second kappa shape index (κ2) is 9.22. The lowest BCUT2D eigenvalue weighted by atomic mass is 9.75. The number of aromatic hydroxyl groups is 3. The monoisotopic (exact) mass is 612 g/mol. The Kier molecular flexibility index (Phi) is 5.72. The molecule has 220 valence electrons. The van der Waals surface area contributed by atoms with E-state index in [4.69, 9.17) is 9.57 Å². The number of benzene rings is 2. The molecule has 2 heterocycles. The summed E-state index contributed by atoms with van der Waals surface area (Å²) in [5, 5.41) is 39.9. The molecule has 4 aromatic rings. The number of phenols is 3. The van der Waals surface area contributed by atoms with Gasteiger partial charge in [0.2, 0.25) is 5.78 Å². The summed E-state index contributed by atoms with van der Waals surface area (Å²) in [5.74, 6) is -6.73. The lowest BCUT2D eigenvalue weighted by Crippen LogP contribution is -2.36. The van der Waals surface area contributed by atoms with Crippen molar-refractivity contribution in [2.24, 2.45) is 5.16 Å². The number of hydrogen-bond donors (Lipinski definition) is 4. The van der Waals surface area contributed by atoms with Crippen LogP contribution in [-0.4, -0.2) is 63.9 Å². The minimum absolute atomic E-state index is 0.0975. The molecule has 2 aromatic heterocycles. The lowest BCUT2D eigenvalue weighted by molar-refractivity contribution is 0.0790. The molecule has 0 aliphatic heterocycles. The van der Waals surface area contributed by atoms with Crippen LogP contribution in [0, 0.1) is 0 Å². The van der Waals surface area contributed by atoms with Crippen LogP contribution in [0.5, 0.6) is 17.2 Å². The van der Waals surface area contributed by atoms with Crippen molar-refractivity contribution in [3.8, 4) is 27.7 Å². The van der Waals surface area contributed by atoms with Crippen molar-refractivity contribution in [1.82, 2.24) is 4.98 Å². The van der Waals surface area contributed by atoms with Gasteiger partial charge in [-0.1, -0.05) is 11.2 Å². The molecule has 0 bridgehead atoms. The van der Waals surface area contributed by atoms with Gasteiger partial charge in [0, 0.05) is 27.5 Å². The normalized spacial score (nSPS) is 18.7. The zero-order valence-corrected chi connectivity index (χ0v) is 23.7. The molecule has 0 radical (unpaired) electrons. The Hall–Kier alpha value is -5.56. The van der Waals surface area contributed by atoms with Crippen LogP contribution in [0.4, 0.5) is 0 Å². The Morgan fingerprint density at radius 2 is 1.66 bits per heavy atom. The molecule has 0 amide bonds. The van der Waals surface area contributed by atoms with Crippen LogP contribution < -0.4 is 5.56 Å². The molecular weight excluding hydrogens is 592 g/mol. The number of oxime groups is 1. The smallest absolute Gasteiger partial charge is 0.260 e. The third-order valence-electron chi connectivity index (χ3n) is 8.50. The van der Waals surface area contributed by atoms with E-state index in [1.807, 2.05) is 5.38 Å². The topological polar surface area (TPSA) is 193 Å².